The second-order valence-electron chi connectivity index (χ2n) is 6.68. The van der Waals surface area contributed by atoms with Crippen molar-refractivity contribution in [1.29, 1.82) is 0 Å². The lowest BCUT2D eigenvalue weighted by atomic mass is 10.2. The highest BCUT2D eigenvalue weighted by molar-refractivity contribution is 5.68. The van der Waals surface area contributed by atoms with Crippen LogP contribution in [-0.2, 0) is 18.3 Å². The van der Waals surface area contributed by atoms with Gasteiger partial charge in [0, 0.05) is 40.3 Å². The highest BCUT2D eigenvalue weighted by Crippen LogP contribution is 2.10. The number of amides is 1. The summed E-state index contributed by atoms with van der Waals surface area (Å²) in [6.45, 7) is 8.82. The summed E-state index contributed by atoms with van der Waals surface area (Å²) in [6.07, 6.45) is 1.46. The summed E-state index contributed by atoms with van der Waals surface area (Å²) in [7, 11) is 5.92. The van der Waals surface area contributed by atoms with Crippen LogP contribution in [0.1, 0.15) is 33.4 Å². The number of hydrogen-bond donors (Lipinski definition) is 2. The standard InChI is InChI=1S/C15H29N5O2/c1-11(18-14(21)22-15(2,3)4)8-16-9-12-10-17-13(19(5)6)20(12)7/h10-11,16H,8-9H2,1-7H3,(H,18,21). The van der Waals surface area contributed by atoms with Gasteiger partial charge in [0.25, 0.3) is 0 Å². The van der Waals surface area contributed by atoms with Gasteiger partial charge in [0.15, 0.2) is 0 Å². The topological polar surface area (TPSA) is 71.4 Å². The van der Waals surface area contributed by atoms with Crippen LogP contribution < -0.4 is 15.5 Å². The summed E-state index contributed by atoms with van der Waals surface area (Å²) >= 11 is 0. The molecule has 0 saturated carbocycles. The van der Waals surface area contributed by atoms with Crippen molar-refractivity contribution >= 4 is 12.0 Å². The number of rotatable bonds is 6. The number of imidazole rings is 1. The van der Waals surface area contributed by atoms with Gasteiger partial charge in [-0.3, -0.25) is 0 Å². The molecule has 0 aliphatic rings. The fourth-order valence-corrected chi connectivity index (χ4v) is 1.99. The van der Waals surface area contributed by atoms with Crippen LogP contribution in [0.3, 0.4) is 0 Å². The van der Waals surface area contributed by atoms with Crippen molar-refractivity contribution in [2.24, 2.45) is 7.05 Å². The Kier molecular flexibility index (Phi) is 6.22. The van der Waals surface area contributed by atoms with Crippen molar-refractivity contribution < 1.29 is 9.53 Å². The average molecular weight is 311 g/mol. The van der Waals surface area contributed by atoms with Crippen molar-refractivity contribution in [3.05, 3.63) is 11.9 Å². The third-order valence-corrected chi connectivity index (χ3v) is 2.98. The molecule has 0 radical (unpaired) electrons. The lowest BCUT2D eigenvalue weighted by Gasteiger charge is -2.22. The highest BCUT2D eigenvalue weighted by atomic mass is 16.6. The smallest absolute Gasteiger partial charge is 0.407 e. The molecule has 1 aromatic rings. The SMILES string of the molecule is CC(CNCc1cnc(N(C)C)n1C)NC(=O)OC(C)(C)C. The molecule has 126 valence electrons. The fraction of sp³-hybridized carbons (Fsp3) is 0.733. The Balaban J connectivity index is 2.36. The Labute approximate surface area is 133 Å². The van der Waals surface area contributed by atoms with E-state index < -0.39 is 11.7 Å². The van der Waals surface area contributed by atoms with E-state index in [1.165, 1.54) is 0 Å². The van der Waals surface area contributed by atoms with Gasteiger partial charge in [0.1, 0.15) is 5.60 Å². The zero-order chi connectivity index (χ0) is 16.9. The first-order valence-electron chi connectivity index (χ1n) is 7.48. The Hall–Kier alpha value is -1.76. The molecule has 0 aliphatic heterocycles. The van der Waals surface area contributed by atoms with Crippen LogP contribution in [0.2, 0.25) is 0 Å². The lowest BCUT2D eigenvalue weighted by molar-refractivity contribution is 0.0508. The number of anilines is 1. The van der Waals surface area contributed by atoms with E-state index in [0.29, 0.717) is 13.1 Å². The largest absolute Gasteiger partial charge is 0.444 e. The van der Waals surface area contributed by atoms with E-state index in [1.807, 2.05) is 64.5 Å². The van der Waals surface area contributed by atoms with Gasteiger partial charge < -0.3 is 24.8 Å². The molecular weight excluding hydrogens is 282 g/mol. The third-order valence-electron chi connectivity index (χ3n) is 2.98. The van der Waals surface area contributed by atoms with Gasteiger partial charge in [-0.2, -0.15) is 0 Å². The van der Waals surface area contributed by atoms with Gasteiger partial charge in [-0.1, -0.05) is 0 Å². The maximum Gasteiger partial charge on any atom is 0.407 e. The van der Waals surface area contributed by atoms with Crippen molar-refractivity contribution in [2.45, 2.75) is 45.9 Å². The summed E-state index contributed by atoms with van der Waals surface area (Å²) in [4.78, 5) is 18.0. The van der Waals surface area contributed by atoms with Crippen LogP contribution in [0, 0.1) is 0 Å². The normalized spacial score (nSPS) is 12.9. The van der Waals surface area contributed by atoms with Crippen LogP contribution >= 0.6 is 0 Å². The van der Waals surface area contributed by atoms with Crippen LogP contribution in [0.4, 0.5) is 10.7 Å². The van der Waals surface area contributed by atoms with E-state index in [0.717, 1.165) is 11.6 Å². The minimum atomic E-state index is -0.478. The van der Waals surface area contributed by atoms with E-state index in [2.05, 4.69) is 15.6 Å². The maximum atomic E-state index is 11.7. The summed E-state index contributed by atoms with van der Waals surface area (Å²) in [5.74, 6) is 0.914. The molecule has 0 aliphatic carbocycles. The van der Waals surface area contributed by atoms with Crippen LogP contribution in [-0.4, -0.2) is 47.9 Å². The first-order valence-corrected chi connectivity index (χ1v) is 7.48. The molecular formula is C15H29N5O2. The van der Waals surface area contributed by atoms with Gasteiger partial charge in [-0.25, -0.2) is 9.78 Å². The predicted octanol–water partition coefficient (Wildman–Crippen LogP) is 1.49. The fourth-order valence-electron chi connectivity index (χ4n) is 1.99. The minimum absolute atomic E-state index is 0.0172. The van der Waals surface area contributed by atoms with Crippen molar-refractivity contribution in [3.8, 4) is 0 Å². The molecule has 22 heavy (non-hydrogen) atoms. The summed E-state index contributed by atoms with van der Waals surface area (Å²) < 4.78 is 7.26. The third kappa shape index (κ3) is 5.93. The molecule has 7 nitrogen and oxygen atoms in total. The molecule has 0 fully saturated rings. The minimum Gasteiger partial charge on any atom is -0.444 e. The number of hydrogen-bond acceptors (Lipinski definition) is 5. The number of aromatic nitrogens is 2. The molecule has 1 unspecified atom stereocenters. The summed E-state index contributed by atoms with van der Waals surface area (Å²) in [5.41, 5.74) is 0.613. The molecule has 0 bridgehead atoms. The number of nitrogens with zero attached hydrogens (tertiary/aromatic N) is 3. The molecule has 7 heteroatoms. The second-order valence-corrected chi connectivity index (χ2v) is 6.68. The number of nitrogens with one attached hydrogen (secondary N) is 2. The molecule has 1 atom stereocenters. The molecule has 1 amide bonds. The van der Waals surface area contributed by atoms with Gasteiger partial charge in [0.2, 0.25) is 5.95 Å². The van der Waals surface area contributed by atoms with Crippen LogP contribution in [0.5, 0.6) is 0 Å². The zero-order valence-corrected chi connectivity index (χ0v) is 14.7. The summed E-state index contributed by atoms with van der Waals surface area (Å²) in [5, 5.41) is 6.12. The molecule has 0 saturated heterocycles. The highest BCUT2D eigenvalue weighted by Gasteiger charge is 2.17. The first kappa shape index (κ1) is 18.3. The van der Waals surface area contributed by atoms with Crippen LogP contribution in [0.15, 0.2) is 6.20 Å². The zero-order valence-electron chi connectivity index (χ0n) is 14.7. The number of alkyl carbamates (subject to hydrolysis) is 1. The number of ether oxygens (including phenoxy) is 1. The van der Waals surface area contributed by atoms with E-state index in [9.17, 15) is 4.79 Å². The Morgan fingerprint density at radius 3 is 2.59 bits per heavy atom. The molecule has 1 aromatic heterocycles. The van der Waals surface area contributed by atoms with Gasteiger partial charge >= 0.3 is 6.09 Å². The van der Waals surface area contributed by atoms with Gasteiger partial charge in [0.05, 0.1) is 11.9 Å². The quantitative estimate of drug-likeness (QED) is 0.833. The molecule has 0 spiro atoms. The average Bonchev–Trinajstić information content (AvgIpc) is 2.68. The lowest BCUT2D eigenvalue weighted by Crippen LogP contribution is -2.42. The first-order chi connectivity index (χ1) is 10.1. The van der Waals surface area contributed by atoms with Gasteiger partial charge in [-0.05, 0) is 27.7 Å². The van der Waals surface area contributed by atoms with E-state index in [-0.39, 0.29) is 6.04 Å². The molecule has 2 N–H and O–H groups in total. The summed E-state index contributed by atoms with van der Waals surface area (Å²) in [6, 6.07) is -0.0172. The Morgan fingerprint density at radius 1 is 1.45 bits per heavy atom. The Morgan fingerprint density at radius 2 is 2.09 bits per heavy atom. The maximum absolute atomic E-state index is 11.7. The van der Waals surface area contributed by atoms with E-state index in [1.54, 1.807) is 0 Å². The number of carbonyl (C=O) groups is 1. The molecule has 1 heterocycles. The second kappa shape index (κ2) is 7.49. The monoisotopic (exact) mass is 311 g/mol. The van der Waals surface area contributed by atoms with Gasteiger partial charge in [-0.15, -0.1) is 0 Å². The Bertz CT molecular complexity index is 491. The van der Waals surface area contributed by atoms with Crippen molar-refractivity contribution in [3.63, 3.8) is 0 Å². The van der Waals surface area contributed by atoms with E-state index in [4.69, 9.17) is 4.74 Å². The van der Waals surface area contributed by atoms with Crippen molar-refractivity contribution in [2.75, 3.05) is 25.5 Å². The van der Waals surface area contributed by atoms with Crippen LogP contribution in [0.25, 0.3) is 0 Å². The predicted molar refractivity (Wildman–Crippen MR) is 88.1 cm³/mol. The number of carbonyl (C=O) groups excluding carboxylic acids is 1. The molecule has 1 rings (SSSR count). The van der Waals surface area contributed by atoms with Crippen molar-refractivity contribution in [1.82, 2.24) is 20.2 Å². The van der Waals surface area contributed by atoms with E-state index >= 15 is 0 Å². The molecule has 0 aromatic carbocycles.